The molecule has 0 fully saturated rings. The fourth-order valence-corrected chi connectivity index (χ4v) is 1.35. The predicted octanol–water partition coefficient (Wildman–Crippen LogP) is 1.33. The first-order chi connectivity index (χ1) is 9.38. The lowest BCUT2D eigenvalue weighted by Crippen LogP contribution is -2.15. The lowest BCUT2D eigenvalue weighted by atomic mass is 10.1. The van der Waals surface area contributed by atoms with Crippen molar-refractivity contribution in [1.82, 2.24) is 0 Å². The minimum Gasteiger partial charge on any atom is -0.507 e. The molecule has 0 radical (unpaired) electrons. The summed E-state index contributed by atoms with van der Waals surface area (Å²) in [6.45, 7) is 1.49. The number of carbonyl (C=O) groups excluding carboxylic acids is 2. The largest absolute Gasteiger partial charge is 0.507 e. The molecule has 0 saturated heterocycles. The number of aliphatic hydroxyl groups is 1. The summed E-state index contributed by atoms with van der Waals surface area (Å²) < 4.78 is 4.42. The lowest BCUT2D eigenvalue weighted by Gasteiger charge is -2.04. The van der Waals surface area contributed by atoms with Crippen molar-refractivity contribution in [1.29, 1.82) is 0 Å². The first-order valence-corrected chi connectivity index (χ1v) is 5.47. The summed E-state index contributed by atoms with van der Waals surface area (Å²) in [5, 5.41) is 29.9. The number of aromatic hydroxyl groups is 1. The van der Waals surface area contributed by atoms with Crippen LogP contribution < -0.4 is 0 Å². The van der Waals surface area contributed by atoms with Gasteiger partial charge in [0.15, 0.2) is 0 Å². The van der Waals surface area contributed by atoms with Gasteiger partial charge in [0, 0.05) is 12.1 Å². The minimum atomic E-state index is -1.18. The van der Waals surface area contributed by atoms with Crippen LogP contribution in [-0.4, -0.2) is 33.5 Å². The van der Waals surface area contributed by atoms with Crippen molar-refractivity contribution in [2.45, 2.75) is 6.92 Å². The van der Waals surface area contributed by atoms with Crippen molar-refractivity contribution < 1.29 is 29.5 Å². The third-order valence-electron chi connectivity index (χ3n) is 2.23. The summed E-state index contributed by atoms with van der Waals surface area (Å²) in [7, 11) is 0. The first-order valence-electron chi connectivity index (χ1n) is 5.47. The van der Waals surface area contributed by atoms with Crippen LogP contribution in [0.15, 0.2) is 24.3 Å². The van der Waals surface area contributed by atoms with Crippen molar-refractivity contribution >= 4 is 23.2 Å². The van der Waals surface area contributed by atoms with Gasteiger partial charge in [-0.25, -0.2) is 4.79 Å². The Bertz CT molecular complexity index is 591. The molecule has 1 rings (SSSR count). The maximum Gasteiger partial charge on any atom is 0.379 e. The van der Waals surface area contributed by atoms with Crippen molar-refractivity contribution in [3.8, 4) is 5.75 Å². The van der Waals surface area contributed by atoms with E-state index in [-0.39, 0.29) is 12.2 Å². The number of phenolic OH excluding ortho intramolecular Hbond substituents is 1. The van der Waals surface area contributed by atoms with Crippen molar-refractivity contribution in [2.24, 2.45) is 0 Å². The van der Waals surface area contributed by atoms with E-state index in [2.05, 4.69) is 4.74 Å². The summed E-state index contributed by atoms with van der Waals surface area (Å²) in [5.74, 6) is -3.90. The summed E-state index contributed by atoms with van der Waals surface area (Å²) in [6.07, 6.45) is 0.525. The molecule has 0 heterocycles. The van der Waals surface area contributed by atoms with Crippen LogP contribution in [0, 0.1) is 10.1 Å². The van der Waals surface area contributed by atoms with Gasteiger partial charge in [0.1, 0.15) is 5.76 Å². The number of ether oxygens (including phenoxy) is 1. The van der Waals surface area contributed by atoms with Gasteiger partial charge in [-0.2, -0.15) is 0 Å². The number of hydrogen-bond donors (Lipinski definition) is 2. The Kier molecular flexibility index (Phi) is 4.79. The lowest BCUT2D eigenvalue weighted by molar-refractivity contribution is -0.385. The molecule has 0 spiro atoms. The van der Waals surface area contributed by atoms with E-state index in [9.17, 15) is 29.9 Å². The molecule has 1 aromatic carbocycles. The van der Waals surface area contributed by atoms with Gasteiger partial charge in [0.25, 0.3) is 5.78 Å². The Balaban J connectivity index is 3.12. The number of ketones is 1. The van der Waals surface area contributed by atoms with Crippen LogP contribution in [-0.2, 0) is 14.3 Å². The van der Waals surface area contributed by atoms with Gasteiger partial charge in [-0.05, 0) is 13.0 Å². The fourth-order valence-electron chi connectivity index (χ4n) is 1.35. The molecule has 0 unspecified atom stereocenters. The molecule has 0 aliphatic carbocycles. The van der Waals surface area contributed by atoms with Crippen molar-refractivity contribution in [3.05, 3.63) is 40.0 Å². The highest BCUT2D eigenvalue weighted by atomic mass is 16.6. The number of rotatable bonds is 5. The van der Waals surface area contributed by atoms with Gasteiger partial charge in [0.2, 0.25) is 5.75 Å². The molecule has 8 heteroatoms. The van der Waals surface area contributed by atoms with Crippen LogP contribution in [0.25, 0.3) is 5.76 Å². The second-order valence-corrected chi connectivity index (χ2v) is 3.54. The second kappa shape index (κ2) is 6.32. The van der Waals surface area contributed by atoms with Crippen LogP contribution in [0.3, 0.4) is 0 Å². The zero-order valence-corrected chi connectivity index (χ0v) is 10.4. The van der Waals surface area contributed by atoms with Crippen LogP contribution in [0.2, 0.25) is 0 Å². The molecule has 0 bridgehead atoms. The van der Waals surface area contributed by atoms with E-state index in [1.54, 1.807) is 0 Å². The highest BCUT2D eigenvalue weighted by Crippen LogP contribution is 2.32. The van der Waals surface area contributed by atoms with Crippen molar-refractivity contribution in [3.63, 3.8) is 0 Å². The standard InChI is InChI=1S/C12H11NO7/c1-2-20-12(17)10(15)6-9(14)7-4-3-5-8(11(7)16)13(18)19/h3-6,14,16H,2H2,1H3/b9-6-. The highest BCUT2D eigenvalue weighted by Gasteiger charge is 2.20. The maximum atomic E-state index is 11.3. The molecule has 0 aromatic heterocycles. The molecule has 20 heavy (non-hydrogen) atoms. The van der Waals surface area contributed by atoms with E-state index >= 15 is 0 Å². The van der Waals surface area contributed by atoms with Gasteiger partial charge in [-0.3, -0.25) is 14.9 Å². The van der Waals surface area contributed by atoms with E-state index in [1.807, 2.05) is 0 Å². The fraction of sp³-hybridized carbons (Fsp3) is 0.167. The second-order valence-electron chi connectivity index (χ2n) is 3.54. The smallest absolute Gasteiger partial charge is 0.379 e. The molecule has 0 aliphatic rings. The van der Waals surface area contributed by atoms with Crippen LogP contribution in [0.5, 0.6) is 5.75 Å². The van der Waals surface area contributed by atoms with E-state index in [0.29, 0.717) is 6.08 Å². The van der Waals surface area contributed by atoms with Gasteiger partial charge in [-0.15, -0.1) is 0 Å². The highest BCUT2D eigenvalue weighted by molar-refractivity contribution is 6.39. The zero-order chi connectivity index (χ0) is 15.3. The molecule has 0 amide bonds. The molecular weight excluding hydrogens is 270 g/mol. The zero-order valence-electron chi connectivity index (χ0n) is 10.4. The number of carbonyl (C=O) groups is 2. The topological polar surface area (TPSA) is 127 Å². The molecule has 0 saturated carbocycles. The average molecular weight is 281 g/mol. The van der Waals surface area contributed by atoms with E-state index < -0.39 is 33.9 Å². The Morgan fingerprint density at radius 2 is 2.10 bits per heavy atom. The third kappa shape index (κ3) is 3.31. The quantitative estimate of drug-likeness (QED) is 0.208. The molecule has 0 atom stereocenters. The molecular formula is C12H11NO7. The number of nitro groups is 1. The molecule has 106 valence electrons. The summed E-state index contributed by atoms with van der Waals surface area (Å²) in [5.41, 5.74) is -0.970. The number of phenols is 1. The molecule has 2 N–H and O–H groups in total. The van der Waals surface area contributed by atoms with Gasteiger partial charge in [-0.1, -0.05) is 6.07 Å². The van der Waals surface area contributed by atoms with E-state index in [0.717, 1.165) is 12.1 Å². The van der Waals surface area contributed by atoms with E-state index in [4.69, 9.17) is 0 Å². The number of esters is 1. The number of benzene rings is 1. The monoisotopic (exact) mass is 281 g/mol. The summed E-state index contributed by atoms with van der Waals surface area (Å²) in [4.78, 5) is 32.2. The number of aliphatic hydroxyl groups excluding tert-OH is 1. The minimum absolute atomic E-state index is 0.0127. The summed E-state index contributed by atoms with van der Waals surface area (Å²) >= 11 is 0. The van der Waals surface area contributed by atoms with Gasteiger partial charge < -0.3 is 14.9 Å². The third-order valence-corrected chi connectivity index (χ3v) is 2.23. The summed E-state index contributed by atoms with van der Waals surface area (Å²) in [6, 6.07) is 3.40. The SMILES string of the molecule is CCOC(=O)C(=O)/C=C(\O)c1cccc([N+](=O)[O-])c1O. The number of nitrogens with zero attached hydrogens (tertiary/aromatic N) is 1. The first kappa shape index (κ1) is 15.2. The molecule has 0 aliphatic heterocycles. The Morgan fingerprint density at radius 3 is 2.65 bits per heavy atom. The Labute approximate surface area is 113 Å². The molecule has 1 aromatic rings. The number of nitro benzene ring substituents is 1. The normalized spacial score (nSPS) is 10.9. The number of hydrogen-bond acceptors (Lipinski definition) is 7. The van der Waals surface area contributed by atoms with Crippen LogP contribution >= 0.6 is 0 Å². The average Bonchev–Trinajstić information content (AvgIpc) is 2.38. The maximum absolute atomic E-state index is 11.3. The Hall–Kier alpha value is -2.90. The molecule has 8 nitrogen and oxygen atoms in total. The van der Waals surface area contributed by atoms with Gasteiger partial charge >= 0.3 is 11.7 Å². The van der Waals surface area contributed by atoms with Crippen LogP contribution in [0.1, 0.15) is 12.5 Å². The van der Waals surface area contributed by atoms with Crippen LogP contribution in [0.4, 0.5) is 5.69 Å². The predicted molar refractivity (Wildman–Crippen MR) is 67.0 cm³/mol. The van der Waals surface area contributed by atoms with Gasteiger partial charge in [0.05, 0.1) is 17.1 Å². The number of para-hydroxylation sites is 1. The Morgan fingerprint density at radius 1 is 1.45 bits per heavy atom. The van der Waals surface area contributed by atoms with E-state index in [1.165, 1.54) is 13.0 Å². The van der Waals surface area contributed by atoms with Crippen molar-refractivity contribution in [2.75, 3.05) is 6.61 Å².